The molecule has 1 N–H and O–H groups in total. The fourth-order valence-electron chi connectivity index (χ4n) is 2.28. The van der Waals surface area contributed by atoms with Crippen molar-refractivity contribution in [1.29, 1.82) is 0 Å². The van der Waals surface area contributed by atoms with Gasteiger partial charge in [0.25, 0.3) is 0 Å². The smallest absolute Gasteiger partial charge is 0.209 e. The zero-order chi connectivity index (χ0) is 16.3. The SMILES string of the molecule is CC(C)(C)c1ccc(CSc2n[nH]c(-c3ccccc3)n2)cc1. The summed E-state index contributed by atoms with van der Waals surface area (Å²) in [6.07, 6.45) is 0. The third-order valence-electron chi connectivity index (χ3n) is 3.70. The van der Waals surface area contributed by atoms with Gasteiger partial charge in [-0.25, -0.2) is 4.98 Å². The minimum absolute atomic E-state index is 0.194. The van der Waals surface area contributed by atoms with E-state index in [0.29, 0.717) is 0 Å². The summed E-state index contributed by atoms with van der Waals surface area (Å²) in [5.41, 5.74) is 3.89. The summed E-state index contributed by atoms with van der Waals surface area (Å²) in [6.45, 7) is 6.69. The van der Waals surface area contributed by atoms with Gasteiger partial charge in [-0.1, -0.05) is 87.1 Å². The van der Waals surface area contributed by atoms with Crippen LogP contribution in [0.4, 0.5) is 0 Å². The second-order valence-corrected chi connectivity index (χ2v) is 7.51. The van der Waals surface area contributed by atoms with E-state index in [0.717, 1.165) is 22.3 Å². The molecule has 0 unspecified atom stereocenters. The highest BCUT2D eigenvalue weighted by molar-refractivity contribution is 7.98. The molecule has 0 aliphatic carbocycles. The molecule has 3 nitrogen and oxygen atoms in total. The lowest BCUT2D eigenvalue weighted by atomic mass is 9.87. The summed E-state index contributed by atoms with van der Waals surface area (Å²) in [7, 11) is 0. The second-order valence-electron chi connectivity index (χ2n) is 6.57. The van der Waals surface area contributed by atoms with Crippen molar-refractivity contribution >= 4 is 11.8 Å². The molecule has 2 aromatic carbocycles. The molecule has 0 fully saturated rings. The zero-order valence-corrected chi connectivity index (χ0v) is 14.5. The van der Waals surface area contributed by atoms with Crippen LogP contribution < -0.4 is 0 Å². The zero-order valence-electron chi connectivity index (χ0n) is 13.7. The third kappa shape index (κ3) is 4.02. The predicted octanol–water partition coefficient (Wildman–Crippen LogP) is 5.06. The van der Waals surface area contributed by atoms with E-state index in [1.165, 1.54) is 11.1 Å². The van der Waals surface area contributed by atoms with Crippen LogP contribution in [-0.4, -0.2) is 15.2 Å². The highest BCUT2D eigenvalue weighted by atomic mass is 32.2. The van der Waals surface area contributed by atoms with Crippen molar-refractivity contribution in [1.82, 2.24) is 15.2 Å². The molecule has 3 aromatic rings. The van der Waals surface area contributed by atoms with E-state index < -0.39 is 0 Å². The number of H-pyrrole nitrogens is 1. The van der Waals surface area contributed by atoms with Crippen molar-refractivity contribution in [3.8, 4) is 11.4 Å². The fourth-order valence-corrected chi connectivity index (χ4v) is 3.04. The maximum atomic E-state index is 4.55. The highest BCUT2D eigenvalue weighted by Crippen LogP contribution is 2.25. The number of hydrogen-bond acceptors (Lipinski definition) is 3. The van der Waals surface area contributed by atoms with Crippen LogP contribution in [0.1, 0.15) is 31.9 Å². The number of thioether (sulfide) groups is 1. The van der Waals surface area contributed by atoms with Crippen LogP contribution in [0.2, 0.25) is 0 Å². The molecule has 0 bridgehead atoms. The van der Waals surface area contributed by atoms with Crippen molar-refractivity contribution in [3.63, 3.8) is 0 Å². The molecule has 118 valence electrons. The average molecular weight is 323 g/mol. The van der Waals surface area contributed by atoms with Crippen molar-refractivity contribution in [2.45, 2.75) is 37.1 Å². The fraction of sp³-hybridized carbons (Fsp3) is 0.263. The molecule has 0 atom stereocenters. The number of rotatable bonds is 4. The second kappa shape index (κ2) is 6.59. The summed E-state index contributed by atoms with van der Waals surface area (Å²) >= 11 is 1.65. The number of aromatic nitrogens is 3. The number of benzene rings is 2. The molecular weight excluding hydrogens is 302 g/mol. The van der Waals surface area contributed by atoms with E-state index in [1.54, 1.807) is 11.8 Å². The molecule has 23 heavy (non-hydrogen) atoms. The first-order chi connectivity index (χ1) is 11.0. The maximum absolute atomic E-state index is 4.55. The standard InChI is InChI=1S/C19H21N3S/c1-19(2,3)16-11-9-14(10-12-16)13-23-18-20-17(21-22-18)15-7-5-4-6-8-15/h4-12H,13H2,1-3H3,(H,20,21,22). The van der Waals surface area contributed by atoms with Crippen molar-refractivity contribution in [2.75, 3.05) is 0 Å². The number of nitrogens with one attached hydrogen (secondary N) is 1. The Labute approximate surface area is 141 Å². The molecule has 1 aromatic heterocycles. The first-order valence-electron chi connectivity index (χ1n) is 7.72. The molecule has 1 heterocycles. The first kappa shape index (κ1) is 15.8. The van der Waals surface area contributed by atoms with Crippen LogP contribution in [0.3, 0.4) is 0 Å². The largest absolute Gasteiger partial charge is 0.258 e. The normalized spacial score (nSPS) is 11.6. The van der Waals surface area contributed by atoms with Crippen LogP contribution in [-0.2, 0) is 11.2 Å². The third-order valence-corrected chi connectivity index (χ3v) is 4.62. The minimum Gasteiger partial charge on any atom is -0.258 e. The van der Waals surface area contributed by atoms with Gasteiger partial charge in [-0.3, -0.25) is 5.10 Å². The van der Waals surface area contributed by atoms with Crippen LogP contribution in [0.25, 0.3) is 11.4 Å². The summed E-state index contributed by atoms with van der Waals surface area (Å²) in [6, 6.07) is 18.9. The molecule has 0 aliphatic rings. The van der Waals surface area contributed by atoms with Crippen LogP contribution in [0.15, 0.2) is 59.8 Å². The number of nitrogens with zero attached hydrogens (tertiary/aromatic N) is 2. The summed E-state index contributed by atoms with van der Waals surface area (Å²) in [5.74, 6) is 1.69. The van der Waals surface area contributed by atoms with E-state index in [2.05, 4.69) is 60.2 Å². The summed E-state index contributed by atoms with van der Waals surface area (Å²) < 4.78 is 0. The first-order valence-corrected chi connectivity index (χ1v) is 8.71. The Balaban J connectivity index is 1.64. The van der Waals surface area contributed by atoms with E-state index in [4.69, 9.17) is 0 Å². The van der Waals surface area contributed by atoms with Gasteiger partial charge in [-0.05, 0) is 16.5 Å². The number of aromatic amines is 1. The van der Waals surface area contributed by atoms with Crippen LogP contribution in [0.5, 0.6) is 0 Å². The van der Waals surface area contributed by atoms with Gasteiger partial charge in [0.2, 0.25) is 5.16 Å². The number of hydrogen-bond donors (Lipinski definition) is 1. The van der Waals surface area contributed by atoms with Gasteiger partial charge in [-0.2, -0.15) is 0 Å². The Morgan fingerprint density at radius 1 is 0.957 bits per heavy atom. The molecule has 3 rings (SSSR count). The lowest BCUT2D eigenvalue weighted by Crippen LogP contribution is -2.10. The van der Waals surface area contributed by atoms with Gasteiger partial charge in [-0.15, -0.1) is 5.10 Å². The lowest BCUT2D eigenvalue weighted by molar-refractivity contribution is 0.590. The Hall–Kier alpha value is -2.07. The Morgan fingerprint density at radius 2 is 1.65 bits per heavy atom. The predicted molar refractivity (Wildman–Crippen MR) is 96.5 cm³/mol. The van der Waals surface area contributed by atoms with Crippen molar-refractivity contribution in [2.24, 2.45) is 0 Å². The molecule has 0 saturated heterocycles. The van der Waals surface area contributed by atoms with Gasteiger partial charge >= 0.3 is 0 Å². The van der Waals surface area contributed by atoms with E-state index in [9.17, 15) is 0 Å². The monoisotopic (exact) mass is 323 g/mol. The van der Waals surface area contributed by atoms with Crippen molar-refractivity contribution in [3.05, 3.63) is 65.7 Å². The Kier molecular flexibility index (Phi) is 4.53. The average Bonchev–Trinajstić information content (AvgIpc) is 3.02. The van der Waals surface area contributed by atoms with E-state index in [1.807, 2.05) is 30.3 Å². The summed E-state index contributed by atoms with van der Waals surface area (Å²) in [4.78, 5) is 4.55. The van der Waals surface area contributed by atoms with Crippen LogP contribution in [0, 0.1) is 0 Å². The van der Waals surface area contributed by atoms with Gasteiger partial charge in [0, 0.05) is 11.3 Å². The van der Waals surface area contributed by atoms with Gasteiger partial charge in [0.05, 0.1) is 0 Å². The van der Waals surface area contributed by atoms with E-state index >= 15 is 0 Å². The Bertz CT molecular complexity index is 755. The quantitative estimate of drug-likeness (QED) is 0.682. The van der Waals surface area contributed by atoms with Crippen molar-refractivity contribution < 1.29 is 0 Å². The molecular formula is C19H21N3S. The topological polar surface area (TPSA) is 41.6 Å². The maximum Gasteiger partial charge on any atom is 0.209 e. The Morgan fingerprint density at radius 3 is 2.30 bits per heavy atom. The molecule has 0 radical (unpaired) electrons. The van der Waals surface area contributed by atoms with Crippen LogP contribution >= 0.6 is 11.8 Å². The highest BCUT2D eigenvalue weighted by Gasteiger charge is 2.13. The molecule has 0 amide bonds. The molecule has 0 aliphatic heterocycles. The summed E-state index contributed by atoms with van der Waals surface area (Å²) in [5, 5.41) is 8.08. The minimum atomic E-state index is 0.194. The lowest BCUT2D eigenvalue weighted by Gasteiger charge is -2.19. The molecule has 0 spiro atoms. The van der Waals surface area contributed by atoms with E-state index in [-0.39, 0.29) is 5.41 Å². The molecule has 0 saturated carbocycles. The molecule has 4 heteroatoms. The van der Waals surface area contributed by atoms with Gasteiger partial charge < -0.3 is 0 Å². The van der Waals surface area contributed by atoms with Gasteiger partial charge in [0.15, 0.2) is 5.82 Å². The van der Waals surface area contributed by atoms with Gasteiger partial charge in [0.1, 0.15) is 0 Å².